The van der Waals surface area contributed by atoms with Crippen LogP contribution in [-0.4, -0.2) is 44.3 Å². The van der Waals surface area contributed by atoms with Gasteiger partial charge in [0, 0.05) is 35.2 Å². The van der Waals surface area contributed by atoms with Crippen molar-refractivity contribution in [2.75, 3.05) is 39.4 Å². The van der Waals surface area contributed by atoms with Crippen molar-refractivity contribution < 1.29 is 4.74 Å². The average molecular weight is 376 g/mol. The normalized spacial score (nSPS) is 17.9. The Morgan fingerprint density at radius 3 is 2.81 bits per heavy atom. The van der Waals surface area contributed by atoms with E-state index in [1.165, 1.54) is 5.56 Å². The van der Waals surface area contributed by atoms with Crippen molar-refractivity contribution in [1.82, 2.24) is 10.2 Å². The second-order valence-electron chi connectivity index (χ2n) is 5.42. The molecule has 1 N–H and O–H groups in total. The largest absolute Gasteiger partial charge is 0.379 e. The zero-order valence-corrected chi connectivity index (χ0v) is 14.9. The molecule has 1 fully saturated rings. The molecule has 0 radical (unpaired) electrons. The molecule has 1 aliphatic rings. The van der Waals surface area contributed by atoms with Gasteiger partial charge in [-0.05, 0) is 37.1 Å². The van der Waals surface area contributed by atoms with Gasteiger partial charge in [0.15, 0.2) is 0 Å². The minimum Gasteiger partial charge on any atom is -0.379 e. The Morgan fingerprint density at radius 2 is 2.14 bits per heavy atom. The monoisotopic (exact) mass is 374 g/mol. The molecule has 0 saturated carbocycles. The Kier molecular flexibility index (Phi) is 7.47. The molecule has 1 unspecified atom stereocenters. The minimum atomic E-state index is 0.313. The number of benzene rings is 1. The summed E-state index contributed by atoms with van der Waals surface area (Å²) >= 11 is 9.89. The minimum absolute atomic E-state index is 0.313. The van der Waals surface area contributed by atoms with Crippen LogP contribution in [0.25, 0.3) is 0 Å². The molecule has 1 aromatic carbocycles. The number of rotatable bonds is 7. The van der Waals surface area contributed by atoms with Crippen LogP contribution in [0.15, 0.2) is 22.7 Å². The summed E-state index contributed by atoms with van der Waals surface area (Å²) < 4.78 is 6.43. The van der Waals surface area contributed by atoms with E-state index in [-0.39, 0.29) is 0 Å². The molecule has 1 heterocycles. The lowest BCUT2D eigenvalue weighted by molar-refractivity contribution is 0.0361. The van der Waals surface area contributed by atoms with E-state index in [4.69, 9.17) is 16.3 Å². The van der Waals surface area contributed by atoms with Gasteiger partial charge in [0.2, 0.25) is 0 Å². The Bertz CT molecular complexity index is 438. The fourth-order valence-electron chi connectivity index (χ4n) is 2.61. The number of hydrogen-bond donors (Lipinski definition) is 1. The summed E-state index contributed by atoms with van der Waals surface area (Å²) in [4.78, 5) is 2.47. The number of halogens is 2. The van der Waals surface area contributed by atoms with Crippen molar-refractivity contribution in [1.29, 1.82) is 0 Å². The fraction of sp³-hybridized carbons (Fsp3) is 0.625. The quantitative estimate of drug-likeness (QED) is 0.783. The lowest BCUT2D eigenvalue weighted by Crippen LogP contribution is -2.38. The third-order valence-electron chi connectivity index (χ3n) is 3.82. The number of nitrogens with zero attached hydrogens (tertiary/aromatic N) is 1. The van der Waals surface area contributed by atoms with Crippen LogP contribution in [0.5, 0.6) is 0 Å². The Labute approximate surface area is 141 Å². The molecule has 0 bridgehead atoms. The van der Waals surface area contributed by atoms with Crippen LogP contribution in [-0.2, 0) is 4.74 Å². The van der Waals surface area contributed by atoms with Gasteiger partial charge in [0.1, 0.15) is 0 Å². The van der Waals surface area contributed by atoms with Gasteiger partial charge in [-0.25, -0.2) is 0 Å². The highest BCUT2D eigenvalue weighted by molar-refractivity contribution is 9.10. The molecule has 3 nitrogen and oxygen atoms in total. The van der Waals surface area contributed by atoms with Crippen molar-refractivity contribution in [2.45, 2.75) is 25.8 Å². The Morgan fingerprint density at radius 1 is 1.38 bits per heavy atom. The molecule has 2 rings (SSSR count). The van der Waals surface area contributed by atoms with Crippen LogP contribution in [0.3, 0.4) is 0 Å². The first-order chi connectivity index (χ1) is 10.2. The van der Waals surface area contributed by atoms with Crippen LogP contribution in [0.1, 0.15) is 31.4 Å². The highest BCUT2D eigenvalue weighted by Crippen LogP contribution is 2.28. The molecule has 1 aliphatic heterocycles. The van der Waals surface area contributed by atoms with Gasteiger partial charge in [-0.1, -0.05) is 40.5 Å². The van der Waals surface area contributed by atoms with Crippen molar-refractivity contribution in [3.05, 3.63) is 33.3 Å². The highest BCUT2D eigenvalue weighted by atomic mass is 79.9. The SMILES string of the molecule is CCCNC(CCN1CCOCC1)c1ccc(Br)cc1Cl. The summed E-state index contributed by atoms with van der Waals surface area (Å²) in [5.74, 6) is 0. The van der Waals surface area contributed by atoms with E-state index in [1.54, 1.807) is 0 Å². The van der Waals surface area contributed by atoms with E-state index >= 15 is 0 Å². The maximum atomic E-state index is 6.42. The van der Waals surface area contributed by atoms with E-state index in [0.29, 0.717) is 6.04 Å². The molecule has 0 aromatic heterocycles. The fourth-order valence-corrected chi connectivity index (χ4v) is 3.41. The van der Waals surface area contributed by atoms with Crippen LogP contribution in [0.4, 0.5) is 0 Å². The second kappa shape index (κ2) is 9.11. The van der Waals surface area contributed by atoms with Gasteiger partial charge < -0.3 is 10.1 Å². The lowest BCUT2D eigenvalue weighted by Gasteiger charge is -2.29. The lowest BCUT2D eigenvalue weighted by atomic mass is 10.0. The van der Waals surface area contributed by atoms with Crippen LogP contribution in [0.2, 0.25) is 5.02 Å². The first-order valence-electron chi connectivity index (χ1n) is 7.69. The van der Waals surface area contributed by atoms with Crippen LogP contribution >= 0.6 is 27.5 Å². The smallest absolute Gasteiger partial charge is 0.0594 e. The second-order valence-corrected chi connectivity index (χ2v) is 6.74. The number of nitrogens with one attached hydrogen (secondary N) is 1. The van der Waals surface area contributed by atoms with E-state index in [1.807, 2.05) is 6.07 Å². The van der Waals surface area contributed by atoms with Gasteiger partial charge in [-0.15, -0.1) is 0 Å². The van der Waals surface area contributed by atoms with E-state index < -0.39 is 0 Å². The molecular weight excluding hydrogens is 352 g/mol. The Balaban J connectivity index is 1.99. The van der Waals surface area contributed by atoms with Gasteiger partial charge in [0.05, 0.1) is 13.2 Å². The van der Waals surface area contributed by atoms with E-state index in [9.17, 15) is 0 Å². The van der Waals surface area contributed by atoms with E-state index in [0.717, 1.165) is 61.7 Å². The van der Waals surface area contributed by atoms with Crippen LogP contribution < -0.4 is 5.32 Å². The molecule has 118 valence electrons. The molecule has 1 atom stereocenters. The molecule has 5 heteroatoms. The third kappa shape index (κ3) is 5.53. The summed E-state index contributed by atoms with van der Waals surface area (Å²) in [6.07, 6.45) is 2.20. The number of morpholine rings is 1. The molecule has 1 aromatic rings. The predicted molar refractivity (Wildman–Crippen MR) is 92.1 cm³/mol. The first kappa shape index (κ1) is 17.2. The van der Waals surface area contributed by atoms with Gasteiger partial charge in [0.25, 0.3) is 0 Å². The van der Waals surface area contributed by atoms with Crippen molar-refractivity contribution in [3.8, 4) is 0 Å². The summed E-state index contributed by atoms with van der Waals surface area (Å²) in [5, 5.41) is 4.46. The van der Waals surface area contributed by atoms with Crippen molar-refractivity contribution in [3.63, 3.8) is 0 Å². The van der Waals surface area contributed by atoms with Crippen LogP contribution in [0, 0.1) is 0 Å². The highest BCUT2D eigenvalue weighted by Gasteiger charge is 2.17. The van der Waals surface area contributed by atoms with Crippen molar-refractivity contribution >= 4 is 27.5 Å². The predicted octanol–water partition coefficient (Wildman–Crippen LogP) is 3.87. The average Bonchev–Trinajstić information content (AvgIpc) is 2.49. The van der Waals surface area contributed by atoms with Gasteiger partial charge >= 0.3 is 0 Å². The van der Waals surface area contributed by atoms with Gasteiger partial charge in [-0.2, -0.15) is 0 Å². The Hall–Kier alpha value is -0.130. The molecule has 0 aliphatic carbocycles. The molecular formula is C16H24BrClN2O. The molecule has 0 amide bonds. The topological polar surface area (TPSA) is 24.5 Å². The van der Waals surface area contributed by atoms with Crippen molar-refractivity contribution in [2.24, 2.45) is 0 Å². The van der Waals surface area contributed by atoms with E-state index in [2.05, 4.69) is 45.2 Å². The zero-order valence-electron chi connectivity index (χ0n) is 12.6. The number of hydrogen-bond acceptors (Lipinski definition) is 3. The maximum absolute atomic E-state index is 6.42. The first-order valence-corrected chi connectivity index (χ1v) is 8.86. The molecule has 0 spiro atoms. The third-order valence-corrected chi connectivity index (χ3v) is 4.64. The number of ether oxygens (including phenoxy) is 1. The molecule has 1 saturated heterocycles. The standard InChI is InChI=1S/C16H24BrClN2O/c1-2-6-19-16(5-7-20-8-10-21-11-9-20)14-4-3-13(17)12-15(14)18/h3-4,12,16,19H,2,5-11H2,1H3. The summed E-state index contributed by atoms with van der Waals surface area (Å²) in [7, 11) is 0. The molecule has 21 heavy (non-hydrogen) atoms. The summed E-state index contributed by atoms with van der Waals surface area (Å²) in [6.45, 7) is 8.06. The summed E-state index contributed by atoms with van der Waals surface area (Å²) in [6, 6.07) is 6.48. The zero-order chi connectivity index (χ0) is 15.1. The summed E-state index contributed by atoms with van der Waals surface area (Å²) in [5.41, 5.74) is 1.20. The van der Waals surface area contributed by atoms with Gasteiger partial charge in [-0.3, -0.25) is 4.90 Å². The maximum Gasteiger partial charge on any atom is 0.0594 e.